The molecular formula is C16H22ClN3O4S. The van der Waals surface area contributed by atoms with Crippen molar-refractivity contribution in [1.29, 1.82) is 0 Å². The maximum atomic E-state index is 12.7. The van der Waals surface area contributed by atoms with Crippen molar-refractivity contribution < 1.29 is 18.0 Å². The highest BCUT2D eigenvalue weighted by Crippen LogP contribution is 2.30. The van der Waals surface area contributed by atoms with Crippen LogP contribution in [-0.2, 0) is 19.4 Å². The van der Waals surface area contributed by atoms with Gasteiger partial charge in [0.2, 0.25) is 11.8 Å². The molecule has 1 heterocycles. The van der Waals surface area contributed by atoms with Gasteiger partial charge in [0, 0.05) is 19.8 Å². The first-order chi connectivity index (χ1) is 11.6. The normalized spacial score (nSPS) is 19.1. The number of benzene rings is 1. The van der Waals surface area contributed by atoms with Crippen molar-refractivity contribution in [2.75, 3.05) is 30.5 Å². The van der Waals surface area contributed by atoms with Crippen LogP contribution >= 0.6 is 11.6 Å². The Kier molecular flexibility index (Phi) is 6.08. The third-order valence-corrected chi connectivity index (χ3v) is 5.55. The number of likely N-dealkylation sites (N-methyl/N-ethyl adjacent to an activating group) is 1. The maximum absolute atomic E-state index is 12.7. The number of carbonyl (C=O) groups excluding carboxylic acids is 2. The molecule has 138 valence electrons. The summed E-state index contributed by atoms with van der Waals surface area (Å²) >= 11 is 6.14. The summed E-state index contributed by atoms with van der Waals surface area (Å²) in [6.07, 6.45) is 1.58. The molecule has 2 N–H and O–H groups in total. The van der Waals surface area contributed by atoms with Gasteiger partial charge in [-0.3, -0.25) is 9.59 Å². The lowest BCUT2D eigenvalue weighted by Crippen LogP contribution is -2.49. The van der Waals surface area contributed by atoms with E-state index in [1.54, 1.807) is 29.2 Å². The number of para-hydroxylation sites is 1. The fraction of sp³-hybridized carbons (Fsp3) is 0.500. The molecular weight excluding hydrogens is 366 g/mol. The van der Waals surface area contributed by atoms with Crippen LogP contribution in [0, 0.1) is 0 Å². The van der Waals surface area contributed by atoms with Crippen LogP contribution in [0.1, 0.15) is 12.8 Å². The zero-order valence-corrected chi connectivity index (χ0v) is 15.8. The fourth-order valence-electron chi connectivity index (χ4n) is 2.81. The summed E-state index contributed by atoms with van der Waals surface area (Å²) in [6.45, 7) is 0.448. The van der Waals surface area contributed by atoms with Gasteiger partial charge in [-0.1, -0.05) is 23.7 Å². The predicted molar refractivity (Wildman–Crippen MR) is 97.3 cm³/mol. The summed E-state index contributed by atoms with van der Waals surface area (Å²) in [5.74, 6) is -0.833. The summed E-state index contributed by atoms with van der Waals surface area (Å²) in [5, 5.41) is 0.468. The molecule has 0 radical (unpaired) electrons. The topological polar surface area (TPSA) is 101 Å². The summed E-state index contributed by atoms with van der Waals surface area (Å²) in [5.41, 5.74) is 6.42. The summed E-state index contributed by atoms with van der Waals surface area (Å²) in [6, 6.07) is 5.43. The third-order valence-electron chi connectivity index (χ3n) is 4.25. The summed E-state index contributed by atoms with van der Waals surface area (Å²) < 4.78 is 22.4. The van der Waals surface area contributed by atoms with Crippen molar-refractivity contribution in [1.82, 2.24) is 4.90 Å². The van der Waals surface area contributed by atoms with Gasteiger partial charge in [-0.2, -0.15) is 0 Å². The number of sulfone groups is 1. The first-order valence-electron chi connectivity index (χ1n) is 7.87. The van der Waals surface area contributed by atoms with E-state index in [-0.39, 0.29) is 18.1 Å². The van der Waals surface area contributed by atoms with Gasteiger partial charge in [-0.15, -0.1) is 0 Å². The molecule has 1 aromatic carbocycles. The number of hydrogen-bond acceptors (Lipinski definition) is 5. The molecule has 1 aliphatic heterocycles. The molecule has 1 aromatic rings. The monoisotopic (exact) mass is 387 g/mol. The zero-order valence-electron chi connectivity index (χ0n) is 14.2. The molecule has 1 aliphatic rings. The number of rotatable bonds is 6. The standard InChI is InChI=1S/C16H22ClN3O4S/c1-19(15(21)12(18)8-10-25(2,23)24)14-7-9-20(16(14)22)13-6-4-3-5-11(13)17/h3-6,12,14H,7-10,18H2,1-2H3. The van der Waals surface area contributed by atoms with Gasteiger partial charge in [-0.25, -0.2) is 8.42 Å². The Hall–Kier alpha value is -1.64. The van der Waals surface area contributed by atoms with E-state index in [0.717, 1.165) is 6.26 Å². The van der Waals surface area contributed by atoms with Crippen molar-refractivity contribution in [3.05, 3.63) is 29.3 Å². The van der Waals surface area contributed by atoms with Crippen LogP contribution in [-0.4, -0.2) is 62.8 Å². The van der Waals surface area contributed by atoms with Crippen molar-refractivity contribution in [3.63, 3.8) is 0 Å². The molecule has 7 nitrogen and oxygen atoms in total. The SMILES string of the molecule is CN(C(=O)C(N)CCS(C)(=O)=O)C1CCN(c2ccccc2Cl)C1=O. The molecule has 0 aromatic heterocycles. The van der Waals surface area contributed by atoms with Gasteiger partial charge in [-0.05, 0) is 25.0 Å². The summed E-state index contributed by atoms with van der Waals surface area (Å²) in [7, 11) is -1.68. The number of nitrogens with two attached hydrogens (primary N) is 1. The lowest BCUT2D eigenvalue weighted by Gasteiger charge is -2.26. The minimum Gasteiger partial charge on any atom is -0.332 e. The largest absolute Gasteiger partial charge is 0.332 e. The van der Waals surface area contributed by atoms with E-state index in [9.17, 15) is 18.0 Å². The number of carbonyl (C=O) groups is 2. The number of amides is 2. The molecule has 2 atom stereocenters. The minimum atomic E-state index is -3.20. The first-order valence-corrected chi connectivity index (χ1v) is 10.3. The van der Waals surface area contributed by atoms with E-state index in [2.05, 4.69) is 0 Å². The Bertz CT molecular complexity index is 768. The summed E-state index contributed by atoms with van der Waals surface area (Å²) in [4.78, 5) is 28.0. The second-order valence-electron chi connectivity index (χ2n) is 6.22. The molecule has 2 amide bonds. The highest BCUT2D eigenvalue weighted by Gasteiger charge is 2.38. The van der Waals surface area contributed by atoms with Crippen LogP contribution in [0.15, 0.2) is 24.3 Å². The van der Waals surface area contributed by atoms with Crippen LogP contribution in [0.3, 0.4) is 0 Å². The van der Waals surface area contributed by atoms with E-state index in [0.29, 0.717) is 23.7 Å². The fourth-order valence-corrected chi connectivity index (χ4v) is 3.73. The van der Waals surface area contributed by atoms with Crippen molar-refractivity contribution in [3.8, 4) is 0 Å². The van der Waals surface area contributed by atoms with Crippen molar-refractivity contribution >= 4 is 38.9 Å². The Labute approximate surface area is 152 Å². The second kappa shape index (κ2) is 7.72. The number of nitrogens with zero attached hydrogens (tertiary/aromatic N) is 2. The maximum Gasteiger partial charge on any atom is 0.249 e. The third kappa shape index (κ3) is 4.71. The van der Waals surface area contributed by atoms with E-state index >= 15 is 0 Å². The molecule has 0 aliphatic carbocycles. The Morgan fingerprint density at radius 1 is 1.44 bits per heavy atom. The second-order valence-corrected chi connectivity index (χ2v) is 8.89. The Morgan fingerprint density at radius 2 is 2.08 bits per heavy atom. The smallest absolute Gasteiger partial charge is 0.249 e. The van der Waals surface area contributed by atoms with Crippen molar-refractivity contribution in [2.24, 2.45) is 5.73 Å². The predicted octanol–water partition coefficient (Wildman–Crippen LogP) is 0.666. The average Bonchev–Trinajstić information content (AvgIpc) is 2.92. The van der Waals surface area contributed by atoms with Gasteiger partial charge >= 0.3 is 0 Å². The Balaban J connectivity index is 2.05. The molecule has 1 saturated heterocycles. The molecule has 2 unspecified atom stereocenters. The number of hydrogen-bond donors (Lipinski definition) is 1. The van der Waals surface area contributed by atoms with Gasteiger partial charge < -0.3 is 15.5 Å². The lowest BCUT2D eigenvalue weighted by atomic mass is 10.1. The molecule has 9 heteroatoms. The minimum absolute atomic E-state index is 0.0249. The lowest BCUT2D eigenvalue weighted by molar-refractivity contribution is -0.137. The van der Waals surface area contributed by atoms with Gasteiger partial charge in [0.15, 0.2) is 0 Å². The van der Waals surface area contributed by atoms with Crippen LogP contribution in [0.5, 0.6) is 0 Å². The van der Waals surface area contributed by atoms with Gasteiger partial charge in [0.25, 0.3) is 0 Å². The van der Waals surface area contributed by atoms with E-state index < -0.39 is 27.8 Å². The van der Waals surface area contributed by atoms with Crippen LogP contribution < -0.4 is 10.6 Å². The molecule has 2 rings (SSSR count). The molecule has 0 bridgehead atoms. The zero-order chi connectivity index (χ0) is 18.8. The number of halogens is 1. The van der Waals surface area contributed by atoms with E-state index in [1.807, 2.05) is 0 Å². The first kappa shape index (κ1) is 19.7. The average molecular weight is 388 g/mol. The van der Waals surface area contributed by atoms with E-state index in [1.165, 1.54) is 11.9 Å². The van der Waals surface area contributed by atoms with Crippen LogP contribution in [0.4, 0.5) is 5.69 Å². The molecule has 0 spiro atoms. The Morgan fingerprint density at radius 3 is 2.68 bits per heavy atom. The van der Waals surface area contributed by atoms with Gasteiger partial charge in [0.1, 0.15) is 15.9 Å². The molecule has 0 saturated carbocycles. The van der Waals surface area contributed by atoms with Crippen LogP contribution in [0.25, 0.3) is 0 Å². The highest BCUT2D eigenvalue weighted by molar-refractivity contribution is 7.90. The van der Waals surface area contributed by atoms with E-state index in [4.69, 9.17) is 17.3 Å². The number of anilines is 1. The molecule has 25 heavy (non-hydrogen) atoms. The van der Waals surface area contributed by atoms with Crippen LogP contribution in [0.2, 0.25) is 5.02 Å². The van der Waals surface area contributed by atoms with Crippen molar-refractivity contribution in [2.45, 2.75) is 24.9 Å². The quantitative estimate of drug-likeness (QED) is 0.772. The van der Waals surface area contributed by atoms with Gasteiger partial charge in [0.05, 0.1) is 22.5 Å². The highest BCUT2D eigenvalue weighted by atomic mass is 35.5. The molecule has 1 fully saturated rings.